The summed E-state index contributed by atoms with van der Waals surface area (Å²) in [6.45, 7) is 2.04. The Kier molecular flexibility index (Phi) is 11.4. The van der Waals surface area contributed by atoms with Crippen LogP contribution in [0.2, 0.25) is 0 Å². The largest absolute Gasteiger partial charge is 0.480 e. The smallest absolute Gasteiger partial charge is 0.327 e. The third-order valence-corrected chi connectivity index (χ3v) is 5.49. The molecule has 1 aliphatic rings. The highest BCUT2D eigenvalue weighted by molar-refractivity contribution is 7.98. The Labute approximate surface area is 179 Å². The molecule has 10 nitrogen and oxygen atoms in total. The highest BCUT2D eigenvalue weighted by Gasteiger charge is 2.33. The number of aliphatic carboxylic acids is 1. The second kappa shape index (κ2) is 12.9. The molecule has 6 N–H and O–H groups in total. The molecule has 12 heteroatoms. The van der Waals surface area contributed by atoms with E-state index in [0.717, 1.165) is 13.0 Å². The van der Waals surface area contributed by atoms with Gasteiger partial charge in [-0.2, -0.15) is 24.4 Å². The molecule has 166 valence electrons. The van der Waals surface area contributed by atoms with Crippen molar-refractivity contribution in [3.63, 3.8) is 0 Å². The Morgan fingerprint density at radius 1 is 1.17 bits per heavy atom. The van der Waals surface area contributed by atoms with Gasteiger partial charge in [-0.25, -0.2) is 4.79 Å². The summed E-state index contributed by atoms with van der Waals surface area (Å²) in [5, 5.41) is 29.4. The van der Waals surface area contributed by atoms with Gasteiger partial charge in [-0.3, -0.25) is 14.4 Å². The van der Waals surface area contributed by atoms with E-state index < -0.39 is 42.0 Å². The molecule has 1 heterocycles. The van der Waals surface area contributed by atoms with Crippen LogP contribution in [0.1, 0.15) is 26.2 Å². The molecule has 29 heavy (non-hydrogen) atoms. The van der Waals surface area contributed by atoms with Crippen molar-refractivity contribution in [3.8, 4) is 0 Å². The van der Waals surface area contributed by atoms with Gasteiger partial charge >= 0.3 is 5.97 Å². The van der Waals surface area contributed by atoms with Crippen molar-refractivity contribution in [1.29, 1.82) is 0 Å². The predicted molar refractivity (Wildman–Crippen MR) is 113 cm³/mol. The molecule has 5 atom stereocenters. The monoisotopic (exact) mass is 450 g/mol. The summed E-state index contributed by atoms with van der Waals surface area (Å²) in [6, 6.07) is -3.87. The third-order valence-electron chi connectivity index (χ3n) is 4.48. The van der Waals surface area contributed by atoms with Gasteiger partial charge in [-0.05, 0) is 44.7 Å². The first kappa shape index (κ1) is 25.5. The number of hydrogen-bond donors (Lipinski definition) is 7. The quantitative estimate of drug-likeness (QED) is 0.174. The lowest BCUT2D eigenvalue weighted by Gasteiger charge is -2.26. The van der Waals surface area contributed by atoms with Gasteiger partial charge in [0.2, 0.25) is 17.7 Å². The molecule has 1 saturated heterocycles. The number of aliphatic hydroxyl groups is 1. The van der Waals surface area contributed by atoms with E-state index >= 15 is 0 Å². The molecule has 0 aromatic carbocycles. The van der Waals surface area contributed by atoms with E-state index in [1.807, 2.05) is 6.26 Å². The Morgan fingerprint density at radius 3 is 2.34 bits per heavy atom. The summed E-state index contributed by atoms with van der Waals surface area (Å²) in [5.41, 5.74) is 0. The fraction of sp³-hybridized carbons (Fsp3) is 0.765. The van der Waals surface area contributed by atoms with Gasteiger partial charge in [0, 0.05) is 5.75 Å². The van der Waals surface area contributed by atoms with Crippen LogP contribution in [0.25, 0.3) is 0 Å². The predicted octanol–water partition coefficient (Wildman–Crippen LogP) is -1.66. The minimum atomic E-state index is -1.37. The minimum absolute atomic E-state index is 0.150. The van der Waals surface area contributed by atoms with E-state index in [4.69, 9.17) is 5.11 Å². The van der Waals surface area contributed by atoms with Crippen LogP contribution in [0.15, 0.2) is 0 Å². The van der Waals surface area contributed by atoms with Gasteiger partial charge < -0.3 is 31.5 Å². The van der Waals surface area contributed by atoms with E-state index in [0.29, 0.717) is 18.6 Å². The first-order valence-electron chi connectivity index (χ1n) is 9.36. The average molecular weight is 451 g/mol. The fourth-order valence-corrected chi connectivity index (χ4v) is 3.51. The van der Waals surface area contributed by atoms with Crippen LogP contribution < -0.4 is 21.3 Å². The molecule has 1 rings (SSSR count). The third kappa shape index (κ3) is 8.41. The molecule has 0 bridgehead atoms. The van der Waals surface area contributed by atoms with E-state index in [2.05, 4.69) is 33.9 Å². The van der Waals surface area contributed by atoms with Crippen molar-refractivity contribution in [2.45, 2.75) is 56.5 Å². The van der Waals surface area contributed by atoms with Crippen molar-refractivity contribution < 1.29 is 29.4 Å². The van der Waals surface area contributed by atoms with Crippen LogP contribution in [-0.2, 0) is 19.2 Å². The first-order valence-corrected chi connectivity index (χ1v) is 11.4. The van der Waals surface area contributed by atoms with Gasteiger partial charge in [0.25, 0.3) is 0 Å². The lowest BCUT2D eigenvalue weighted by molar-refractivity contribution is -0.142. The normalized spacial score (nSPS) is 20.2. The summed E-state index contributed by atoms with van der Waals surface area (Å²) in [4.78, 5) is 48.6. The molecule has 0 radical (unpaired) electrons. The average Bonchev–Trinajstić information content (AvgIpc) is 3.21. The summed E-state index contributed by atoms with van der Waals surface area (Å²) in [6.07, 6.45) is 2.49. The highest BCUT2D eigenvalue weighted by atomic mass is 32.2. The number of carbonyl (C=O) groups is 4. The Balaban J connectivity index is 2.81. The maximum atomic E-state index is 12.7. The van der Waals surface area contributed by atoms with Crippen molar-refractivity contribution >= 4 is 48.1 Å². The van der Waals surface area contributed by atoms with E-state index in [1.165, 1.54) is 18.7 Å². The van der Waals surface area contributed by atoms with Gasteiger partial charge in [0.1, 0.15) is 18.1 Å². The Morgan fingerprint density at radius 2 is 1.86 bits per heavy atom. The molecule has 0 aliphatic carbocycles. The van der Waals surface area contributed by atoms with Gasteiger partial charge in [-0.1, -0.05) is 0 Å². The number of hydrogen-bond acceptors (Lipinski definition) is 8. The van der Waals surface area contributed by atoms with Crippen molar-refractivity contribution in [2.24, 2.45) is 0 Å². The van der Waals surface area contributed by atoms with Gasteiger partial charge in [0.05, 0.1) is 12.1 Å². The van der Waals surface area contributed by atoms with Crippen LogP contribution in [0.5, 0.6) is 0 Å². The van der Waals surface area contributed by atoms with E-state index in [-0.39, 0.29) is 17.7 Å². The van der Waals surface area contributed by atoms with Crippen LogP contribution in [-0.4, -0.2) is 88.5 Å². The summed E-state index contributed by atoms with van der Waals surface area (Å²) in [7, 11) is 0. The Hall–Kier alpha value is -1.50. The molecule has 1 aliphatic heterocycles. The number of carboxylic acid groups (broad SMARTS) is 1. The van der Waals surface area contributed by atoms with E-state index in [1.54, 1.807) is 0 Å². The summed E-state index contributed by atoms with van der Waals surface area (Å²) in [5.74, 6) is -2.59. The molecule has 1 fully saturated rings. The summed E-state index contributed by atoms with van der Waals surface area (Å²) >= 11 is 5.37. The number of amides is 3. The fourth-order valence-electron chi connectivity index (χ4n) is 2.79. The molecule has 0 aromatic rings. The number of nitrogens with one attached hydrogen (secondary N) is 4. The molecule has 0 saturated carbocycles. The maximum absolute atomic E-state index is 12.7. The number of carbonyl (C=O) groups excluding carboxylic acids is 3. The lowest BCUT2D eigenvalue weighted by atomic mass is 10.1. The van der Waals surface area contributed by atoms with Crippen LogP contribution in [0, 0.1) is 0 Å². The molecule has 3 amide bonds. The van der Waals surface area contributed by atoms with Gasteiger partial charge in [-0.15, -0.1) is 0 Å². The number of thiol groups is 1. The molecular weight excluding hydrogens is 420 g/mol. The van der Waals surface area contributed by atoms with E-state index in [9.17, 15) is 24.3 Å². The van der Waals surface area contributed by atoms with Crippen LogP contribution in [0.3, 0.4) is 0 Å². The standard InChI is InChI=1S/C17H30N4O6S2/c1-9(22)13(16(25)20-12(8-28)17(26)27)21-15(24)11(5-7-29-2)19-14(23)10-4-3-6-18-10/h9-13,18,22,28H,3-8H2,1-2H3,(H,19,23)(H,20,25)(H,21,24)(H,26,27). The van der Waals surface area contributed by atoms with Crippen LogP contribution in [0.4, 0.5) is 0 Å². The number of aliphatic hydroxyl groups excluding tert-OH is 1. The van der Waals surface area contributed by atoms with Crippen LogP contribution >= 0.6 is 24.4 Å². The SMILES string of the molecule is CSCCC(NC(=O)C1CCCN1)C(=O)NC(C(=O)NC(CS)C(=O)O)C(C)O. The highest BCUT2D eigenvalue weighted by Crippen LogP contribution is 2.08. The van der Waals surface area contributed by atoms with Crippen molar-refractivity contribution in [2.75, 3.05) is 24.3 Å². The summed E-state index contributed by atoms with van der Waals surface area (Å²) < 4.78 is 0. The molecular formula is C17H30N4O6S2. The number of thioether (sulfide) groups is 1. The molecule has 5 unspecified atom stereocenters. The zero-order chi connectivity index (χ0) is 22.0. The number of carboxylic acids is 1. The molecule has 0 spiro atoms. The zero-order valence-corrected chi connectivity index (χ0v) is 18.2. The molecule has 0 aromatic heterocycles. The van der Waals surface area contributed by atoms with Gasteiger partial charge in [0.15, 0.2) is 0 Å². The minimum Gasteiger partial charge on any atom is -0.480 e. The zero-order valence-electron chi connectivity index (χ0n) is 16.5. The topological polar surface area (TPSA) is 157 Å². The second-order valence-corrected chi connectivity index (χ2v) is 8.15. The van der Waals surface area contributed by atoms with Crippen molar-refractivity contribution in [3.05, 3.63) is 0 Å². The maximum Gasteiger partial charge on any atom is 0.327 e. The lowest BCUT2D eigenvalue weighted by Crippen LogP contribution is -2.60. The Bertz CT molecular complexity index is 586. The number of rotatable bonds is 12. The van der Waals surface area contributed by atoms with Crippen molar-refractivity contribution in [1.82, 2.24) is 21.3 Å². The first-order chi connectivity index (χ1) is 13.7. The second-order valence-electron chi connectivity index (χ2n) is 6.80.